The normalized spacial score (nSPS) is 24.8. The summed E-state index contributed by atoms with van der Waals surface area (Å²) in [6.45, 7) is 0.260. The van der Waals surface area contributed by atoms with E-state index < -0.39 is 17.2 Å². The van der Waals surface area contributed by atoms with Gasteiger partial charge in [-0.1, -0.05) is 48.5 Å². The summed E-state index contributed by atoms with van der Waals surface area (Å²) in [4.78, 5) is 15.2. The number of carbonyl (C=O) groups excluding carboxylic acids is 1. The monoisotopic (exact) mass is 489 g/mol. The van der Waals surface area contributed by atoms with Crippen LogP contribution >= 0.6 is 0 Å². The van der Waals surface area contributed by atoms with Crippen LogP contribution in [0.3, 0.4) is 0 Å². The second-order valence-electron chi connectivity index (χ2n) is 10.5. The molecular formula is C30H29F2NO3. The van der Waals surface area contributed by atoms with Gasteiger partial charge in [-0.05, 0) is 72.1 Å². The molecule has 2 heterocycles. The van der Waals surface area contributed by atoms with Crippen LogP contribution in [0.2, 0.25) is 0 Å². The van der Waals surface area contributed by atoms with E-state index in [0.717, 1.165) is 25.3 Å². The summed E-state index contributed by atoms with van der Waals surface area (Å²) in [7, 11) is 0. The lowest BCUT2D eigenvalue weighted by molar-refractivity contribution is -0.0840. The van der Waals surface area contributed by atoms with E-state index >= 15 is 0 Å². The Labute approximate surface area is 209 Å². The Bertz CT molecular complexity index is 1230. The van der Waals surface area contributed by atoms with E-state index in [0.29, 0.717) is 18.4 Å². The van der Waals surface area contributed by atoms with Crippen molar-refractivity contribution in [3.63, 3.8) is 0 Å². The van der Waals surface area contributed by atoms with Crippen molar-refractivity contribution in [2.75, 3.05) is 6.61 Å². The molecular weight excluding hydrogens is 460 g/mol. The van der Waals surface area contributed by atoms with Crippen LogP contribution < -0.4 is 0 Å². The lowest BCUT2D eigenvalue weighted by Crippen LogP contribution is -2.60. The molecule has 2 fully saturated rings. The van der Waals surface area contributed by atoms with Gasteiger partial charge in [0.2, 0.25) is 0 Å². The maximum atomic E-state index is 13.7. The summed E-state index contributed by atoms with van der Waals surface area (Å²) >= 11 is 0. The molecule has 3 aromatic rings. The average Bonchev–Trinajstić information content (AvgIpc) is 3.15. The number of benzene rings is 3. The van der Waals surface area contributed by atoms with Gasteiger partial charge in [0.15, 0.2) is 0 Å². The van der Waals surface area contributed by atoms with Crippen molar-refractivity contribution in [2.24, 2.45) is 0 Å². The van der Waals surface area contributed by atoms with E-state index in [9.17, 15) is 18.7 Å². The van der Waals surface area contributed by atoms with Crippen LogP contribution in [0.4, 0.5) is 13.6 Å². The van der Waals surface area contributed by atoms with Crippen LogP contribution in [0.5, 0.6) is 0 Å². The Morgan fingerprint density at radius 3 is 2.06 bits per heavy atom. The van der Waals surface area contributed by atoms with Crippen molar-refractivity contribution >= 4 is 6.09 Å². The number of nitrogens with zero attached hydrogens (tertiary/aromatic N) is 1. The molecule has 6 heteroatoms. The molecule has 2 aliphatic heterocycles. The number of carbonyl (C=O) groups is 1. The molecule has 4 nitrogen and oxygen atoms in total. The molecule has 2 unspecified atom stereocenters. The van der Waals surface area contributed by atoms with Gasteiger partial charge in [0.25, 0.3) is 0 Å². The van der Waals surface area contributed by atoms with Gasteiger partial charge < -0.3 is 14.7 Å². The lowest BCUT2D eigenvalue weighted by atomic mass is 9.73. The van der Waals surface area contributed by atoms with Gasteiger partial charge in [-0.25, -0.2) is 13.6 Å². The first-order valence-electron chi connectivity index (χ1n) is 12.7. The summed E-state index contributed by atoms with van der Waals surface area (Å²) in [5.41, 5.74) is 4.02. The number of piperidine rings is 2. The maximum absolute atomic E-state index is 13.7. The van der Waals surface area contributed by atoms with Gasteiger partial charge >= 0.3 is 6.09 Å². The summed E-state index contributed by atoms with van der Waals surface area (Å²) in [6.07, 6.45) is 3.09. The molecule has 1 N–H and O–H groups in total. The minimum absolute atomic E-state index is 0.00853. The highest BCUT2D eigenvalue weighted by atomic mass is 19.1. The van der Waals surface area contributed by atoms with Crippen molar-refractivity contribution in [2.45, 2.75) is 62.1 Å². The quantitative estimate of drug-likeness (QED) is 0.474. The largest absolute Gasteiger partial charge is 0.448 e. The van der Waals surface area contributed by atoms with Gasteiger partial charge in [-0.15, -0.1) is 0 Å². The van der Waals surface area contributed by atoms with Crippen LogP contribution in [-0.4, -0.2) is 40.4 Å². The number of aliphatic hydroxyl groups is 1. The van der Waals surface area contributed by atoms with Crippen molar-refractivity contribution in [1.82, 2.24) is 4.90 Å². The highest BCUT2D eigenvalue weighted by molar-refractivity contribution is 5.79. The van der Waals surface area contributed by atoms with Crippen molar-refractivity contribution in [3.8, 4) is 11.1 Å². The molecule has 3 aromatic carbocycles. The number of halogens is 2. The molecule has 2 atom stereocenters. The minimum Gasteiger partial charge on any atom is -0.448 e. The Morgan fingerprint density at radius 2 is 1.47 bits per heavy atom. The van der Waals surface area contributed by atoms with Crippen LogP contribution in [0.25, 0.3) is 11.1 Å². The van der Waals surface area contributed by atoms with E-state index in [4.69, 9.17) is 4.74 Å². The van der Waals surface area contributed by atoms with Crippen LogP contribution in [0.15, 0.2) is 66.7 Å². The van der Waals surface area contributed by atoms with E-state index in [2.05, 4.69) is 24.3 Å². The predicted molar refractivity (Wildman–Crippen MR) is 133 cm³/mol. The molecule has 1 amide bonds. The van der Waals surface area contributed by atoms with Crippen molar-refractivity contribution in [3.05, 3.63) is 95.1 Å². The minimum atomic E-state index is -1.11. The Hall–Kier alpha value is -3.25. The van der Waals surface area contributed by atoms with Gasteiger partial charge in [0, 0.05) is 30.5 Å². The maximum Gasteiger partial charge on any atom is 0.410 e. The van der Waals surface area contributed by atoms with Crippen LogP contribution in [0, 0.1) is 11.6 Å². The Kier molecular flexibility index (Phi) is 5.79. The second kappa shape index (κ2) is 9.00. The predicted octanol–water partition coefficient (Wildman–Crippen LogP) is 6.20. The molecule has 0 spiro atoms. The number of rotatable bonds is 4. The van der Waals surface area contributed by atoms with Crippen molar-refractivity contribution in [1.29, 1.82) is 0 Å². The third-order valence-corrected chi connectivity index (χ3v) is 8.10. The molecule has 3 aliphatic rings. The SMILES string of the molecule is O=C(OCC1c2ccccc2-c2ccccc21)N1C2CCCC1CC(O)(Cc1cc(F)cc(F)c1)C2. The van der Waals surface area contributed by atoms with Crippen LogP contribution in [0.1, 0.15) is 54.7 Å². The summed E-state index contributed by atoms with van der Waals surface area (Å²) in [5, 5.41) is 11.4. The molecule has 2 saturated heterocycles. The first-order valence-corrected chi connectivity index (χ1v) is 12.7. The summed E-state index contributed by atoms with van der Waals surface area (Å²) < 4.78 is 33.4. The molecule has 1 aliphatic carbocycles. The van der Waals surface area contributed by atoms with Gasteiger partial charge in [0.05, 0.1) is 5.60 Å². The highest BCUT2D eigenvalue weighted by Gasteiger charge is 2.48. The first-order chi connectivity index (χ1) is 17.4. The van der Waals surface area contributed by atoms with Crippen LogP contribution in [-0.2, 0) is 11.2 Å². The smallest absolute Gasteiger partial charge is 0.410 e. The molecule has 0 radical (unpaired) electrons. The fourth-order valence-corrected chi connectivity index (χ4v) is 6.73. The third-order valence-electron chi connectivity index (χ3n) is 8.10. The van der Waals surface area contributed by atoms with Gasteiger partial charge in [0.1, 0.15) is 18.2 Å². The Morgan fingerprint density at radius 1 is 0.917 bits per heavy atom. The van der Waals surface area contributed by atoms with E-state index in [1.807, 2.05) is 29.2 Å². The highest BCUT2D eigenvalue weighted by Crippen LogP contribution is 2.45. The van der Waals surface area contributed by atoms with E-state index in [1.165, 1.54) is 34.4 Å². The summed E-state index contributed by atoms with van der Waals surface area (Å²) in [5.74, 6) is -1.31. The summed E-state index contributed by atoms with van der Waals surface area (Å²) in [6, 6.07) is 19.6. The molecule has 0 saturated carbocycles. The zero-order valence-electron chi connectivity index (χ0n) is 20.0. The fraction of sp³-hybridized carbons (Fsp3) is 0.367. The zero-order chi connectivity index (χ0) is 24.9. The topological polar surface area (TPSA) is 49.8 Å². The van der Waals surface area contributed by atoms with E-state index in [1.54, 1.807) is 0 Å². The standard InChI is InChI=1S/C30H29F2NO3/c31-20-12-19(13-21(32)14-20)15-30(35)16-22-6-5-7-23(17-30)33(22)29(34)36-18-28-26-10-3-1-8-24(26)25-9-2-4-11-27(25)28/h1-4,8-14,22-23,28,35H,5-7,15-18H2. The first kappa shape index (κ1) is 23.2. The molecule has 6 rings (SSSR count). The fourth-order valence-electron chi connectivity index (χ4n) is 6.73. The second-order valence-corrected chi connectivity index (χ2v) is 10.5. The number of ether oxygens (including phenoxy) is 1. The molecule has 2 bridgehead atoms. The number of fused-ring (bicyclic) bond motifs is 5. The third kappa shape index (κ3) is 4.17. The number of hydrogen-bond acceptors (Lipinski definition) is 3. The molecule has 186 valence electrons. The van der Waals surface area contributed by atoms with Gasteiger partial charge in [-0.2, -0.15) is 0 Å². The molecule has 36 heavy (non-hydrogen) atoms. The average molecular weight is 490 g/mol. The molecule has 0 aromatic heterocycles. The van der Waals surface area contributed by atoms with Gasteiger partial charge in [-0.3, -0.25) is 0 Å². The van der Waals surface area contributed by atoms with Crippen molar-refractivity contribution < 1.29 is 23.4 Å². The lowest BCUT2D eigenvalue weighted by Gasteiger charge is -2.51. The zero-order valence-corrected chi connectivity index (χ0v) is 20.0. The number of hydrogen-bond donors (Lipinski definition) is 1. The van der Waals surface area contributed by atoms with E-state index in [-0.39, 0.29) is 37.1 Å². The number of amides is 1. The Balaban J connectivity index is 1.17.